The van der Waals surface area contributed by atoms with E-state index in [0.717, 1.165) is 17.9 Å². The topological polar surface area (TPSA) is 0 Å². The van der Waals surface area contributed by atoms with Crippen LogP contribution in [0.2, 0.25) is 0 Å². The van der Waals surface area contributed by atoms with Crippen LogP contribution in [0, 0.1) is 0 Å². The Morgan fingerprint density at radius 2 is 0.347 bits per heavy atom. The maximum atomic E-state index is 5.53. The Morgan fingerprint density at radius 1 is 0.237 bits per heavy atom. The molecule has 0 aliphatic carbocycles. The van der Waals surface area contributed by atoms with Gasteiger partial charge in [0.25, 0.3) is 3.25 Å². The first-order chi connectivity index (χ1) is 54.2. The van der Waals surface area contributed by atoms with E-state index < -0.39 is 14.6 Å². The van der Waals surface area contributed by atoms with Crippen LogP contribution in [-0.4, -0.2) is 24.8 Å². The van der Waals surface area contributed by atoms with E-state index >= 15 is 0 Å². The number of benzene rings is 16. The maximum Gasteiger partial charge on any atom is 0.643 e. The predicted octanol–water partition coefficient (Wildman–Crippen LogP) is 43.6. The maximum absolute atomic E-state index is 5.53. The minimum atomic E-state index is -1.72. The first-order valence-corrected chi connectivity index (χ1v) is 63.1. The molecule has 0 saturated heterocycles. The Kier molecular flexibility index (Phi) is 44.9. The van der Waals surface area contributed by atoms with Crippen LogP contribution >= 0.6 is 288 Å². The fourth-order valence-corrected chi connectivity index (χ4v) is 16.0. The molecule has 118 heavy (non-hydrogen) atoms. The number of hydrogen-bond donors (Lipinski definition) is 0. The molecule has 0 nitrogen and oxygen atoms in total. The molecule has 16 aromatic carbocycles. The molecule has 0 atom stereocenters. The molecule has 0 aliphatic heterocycles. The monoisotopic (exact) mass is 2600 g/mol. The predicted molar refractivity (Wildman–Crippen MR) is 587 cm³/mol. The van der Waals surface area contributed by atoms with Crippen LogP contribution in [0.15, 0.2) is 200 Å². The summed E-state index contributed by atoms with van der Waals surface area (Å²) in [6.45, 7) is 46.9. The van der Waals surface area contributed by atoms with Gasteiger partial charge in [-0.25, -0.2) is 30.1 Å². The zero-order valence-corrected chi connectivity index (χ0v) is 98.1. The van der Waals surface area contributed by atoms with E-state index in [1.807, 2.05) is 20.8 Å². The van der Waals surface area contributed by atoms with Gasteiger partial charge in [-0.2, -0.15) is 0 Å². The van der Waals surface area contributed by atoms with E-state index in [1.54, 1.807) is 0 Å². The smallest absolute Gasteiger partial charge is 0.214 e. The average molecular weight is 2620 g/mol. The second-order valence-electron chi connectivity index (χ2n) is 35.2. The number of alkyl halides is 7. The molecule has 636 valence electrons. The van der Waals surface area contributed by atoms with Gasteiger partial charge in [-0.1, -0.05) is 329 Å². The molecule has 24 heteroatoms. The molecule has 16 aromatic rings. The normalized spacial score (nSPS) is 11.8. The summed E-state index contributed by atoms with van der Waals surface area (Å²) in [5, 5.41) is 32.5. The van der Waals surface area contributed by atoms with Gasteiger partial charge >= 0.3 is 11.4 Å². The quantitative estimate of drug-likeness (QED) is 0.0806. The van der Waals surface area contributed by atoms with E-state index in [4.69, 9.17) is 111 Å². The molecule has 16 rings (SSSR count). The molecule has 0 heterocycles. The molecule has 0 N–H and O–H groups in total. The van der Waals surface area contributed by atoms with Crippen molar-refractivity contribution in [1.82, 2.24) is 0 Å². The Bertz CT molecular complexity index is 5120. The van der Waals surface area contributed by atoms with Crippen molar-refractivity contribution in [2.45, 2.75) is 186 Å². The van der Waals surface area contributed by atoms with Gasteiger partial charge in [-0.05, 0) is 304 Å². The largest absolute Gasteiger partial charge is 0.643 e. The van der Waals surface area contributed by atoms with Gasteiger partial charge in [0.05, 0.1) is 5.34 Å². The van der Waals surface area contributed by atoms with E-state index in [0.29, 0.717) is 0 Å². The summed E-state index contributed by atoms with van der Waals surface area (Å²) in [6.07, 6.45) is 0. The van der Waals surface area contributed by atoms with Crippen LogP contribution in [0.25, 0.3) is 129 Å². The van der Waals surface area contributed by atoms with E-state index in [9.17, 15) is 0 Å². The van der Waals surface area contributed by atoms with Crippen molar-refractivity contribution in [3.05, 3.63) is 233 Å². The average Bonchev–Trinajstić information content (AvgIpc) is 0.711. The Morgan fingerprint density at radius 3 is 0.475 bits per heavy atom. The third-order valence-corrected chi connectivity index (χ3v) is 23.9. The van der Waals surface area contributed by atoms with Gasteiger partial charge in [0.15, 0.2) is 0 Å². The molecular formula is C94H95AlBr12Cl10Fe. The summed E-state index contributed by atoms with van der Waals surface area (Å²) in [7, 11) is 14.8. The molecule has 0 spiro atoms. The van der Waals surface area contributed by atoms with Crippen LogP contribution in [0.4, 0.5) is 0 Å². The van der Waals surface area contributed by atoms with Gasteiger partial charge < -0.3 is 0 Å². The summed E-state index contributed by atoms with van der Waals surface area (Å²) in [5.74, 6) is 0. The van der Waals surface area contributed by atoms with Crippen molar-refractivity contribution >= 4 is 429 Å². The van der Waals surface area contributed by atoms with Crippen molar-refractivity contribution < 1.29 is 17.1 Å². The van der Waals surface area contributed by atoms with E-state index in [2.05, 4.69) is 483 Å². The molecule has 0 bridgehead atoms. The second kappa shape index (κ2) is 47.5. The molecular weight excluding hydrogens is 2530 g/mol. The standard InChI is InChI=1S/C24H22Br4.2C24H26.C16H10.C4H9Cl.CCl4.CH2Cl2.Al.4Br2.3ClH.Fe/c1-23(2,3)11-7-13-17-14(8-11)20(26)22(28)16-10-12(24(4,5)6)9-15(18(16)17)21(27)19(13)25;2*1-23(2,3)19-11-15-7-9-17-13-20(24(4,5)6)14-18-10-8-16(12-19)21(15)22(17)18;1-3-11-7-9-13-5-2-6-14-10-8-12(4-1)15(11)16(13)14;1-4(2,3)5;2-1(3,4)5;2-1-3;;4*1-2;;;;/h7-10H,1-6H3;2*7-14H,1-6H3;1-10H;1-3H3;;1H2;;;;;;3*1H;/q;;;;;;;+3;;;;;;;;/p-3. The zero-order chi connectivity index (χ0) is 89.1. The van der Waals surface area contributed by atoms with Gasteiger partial charge in [-0.15, -0.1) is 34.8 Å². The summed E-state index contributed by atoms with van der Waals surface area (Å²) in [6, 6.07) is 68.6. The third-order valence-electron chi connectivity index (χ3n) is 19.5. The van der Waals surface area contributed by atoms with E-state index in [1.165, 1.54) is 163 Å². The molecule has 0 aliphatic rings. The Balaban J connectivity index is 0.000000304. The van der Waals surface area contributed by atoms with Crippen LogP contribution < -0.4 is 0 Å². The SMILES string of the molecule is BrBr.BrBr.BrBr.BrBr.CC(C)(C)Cl.CC(C)(C)c1cc2c(Br)c(Br)c3cc(C(C)(C)C)cc4c(Br)c(Br)c(c1)c2c34.CC(C)(C)c1cc2ccc3cc(C(C)(C)C)cc4ccc(c1)c2c34.CC(C)(C)c1cc2ccc3cc(C(C)(C)C)cc4ccc(c1)c2c34.ClC(Cl)(Cl)Cl.ClCCl.[Cl][Al]([Cl])[Cl].[Fe].c1cc2ccc3cccc4ccc(c1)c2c34. The van der Waals surface area contributed by atoms with Gasteiger partial charge in [0.2, 0.25) is 0 Å². The third kappa shape index (κ3) is 29.7. The van der Waals surface area contributed by atoms with Crippen LogP contribution in [0.3, 0.4) is 0 Å². The van der Waals surface area contributed by atoms with Crippen molar-refractivity contribution in [1.29, 1.82) is 0 Å². The van der Waals surface area contributed by atoms with E-state index in [-0.39, 0.29) is 59.8 Å². The first-order valence-electron chi connectivity index (χ1n) is 36.8. The van der Waals surface area contributed by atoms with Gasteiger partial charge in [0, 0.05) is 153 Å². The summed E-state index contributed by atoms with van der Waals surface area (Å²) in [4.78, 5) is -0.0278. The molecule has 0 saturated carbocycles. The Labute approximate surface area is 857 Å². The van der Waals surface area contributed by atoms with Crippen molar-refractivity contribution in [2.75, 3.05) is 5.34 Å². The van der Waals surface area contributed by atoms with Crippen molar-refractivity contribution in [3.63, 3.8) is 0 Å². The zero-order valence-electron chi connectivity index (χ0n) is 69.3. The minimum absolute atomic E-state index is 0. The first kappa shape index (κ1) is 112. The fourth-order valence-electron chi connectivity index (χ4n) is 13.9. The molecule has 0 fully saturated rings. The van der Waals surface area contributed by atoms with Crippen molar-refractivity contribution in [3.8, 4) is 0 Å². The second-order valence-corrected chi connectivity index (χ2v) is 50.2. The van der Waals surface area contributed by atoms with Crippen molar-refractivity contribution in [2.24, 2.45) is 0 Å². The summed E-state index contributed by atoms with van der Waals surface area (Å²) < 4.78 is 2.88. The minimum Gasteiger partial charge on any atom is -0.214 e. The molecule has 0 unspecified atom stereocenters. The van der Waals surface area contributed by atoms with Crippen LogP contribution in [0.1, 0.15) is 179 Å². The summed E-state index contributed by atoms with van der Waals surface area (Å²) in [5.41, 5.74) is 9.10. The van der Waals surface area contributed by atoms with Gasteiger partial charge in [0.1, 0.15) is 0 Å². The summed E-state index contributed by atoms with van der Waals surface area (Å²) >= 11 is 70.3. The van der Waals surface area contributed by atoms with Gasteiger partial charge in [-0.3, -0.25) is 0 Å². The molecule has 0 amide bonds. The van der Waals surface area contributed by atoms with Crippen LogP contribution in [-0.2, 0) is 49.6 Å². The Hall–Kier alpha value is 1.39. The number of hydrogen-bond acceptors (Lipinski definition) is 0. The molecule has 0 radical (unpaired) electrons. The molecule has 0 aromatic heterocycles. The van der Waals surface area contributed by atoms with Crippen LogP contribution in [0.5, 0.6) is 0 Å². The fraction of sp³-hybridized carbons (Fsp3) is 0.319. The number of rotatable bonds is 0. The number of halogens is 22.